The molecule has 0 amide bonds. The fourth-order valence-electron chi connectivity index (χ4n) is 3.19. The first kappa shape index (κ1) is 19.3. The molecule has 1 aromatic carbocycles. The van der Waals surface area contributed by atoms with Crippen LogP contribution in [0, 0.1) is 0 Å². The van der Waals surface area contributed by atoms with E-state index in [2.05, 4.69) is 14.8 Å². The first-order valence-electron chi connectivity index (χ1n) is 8.94. The molecule has 0 unspecified atom stereocenters. The number of rotatable bonds is 4. The number of hydrogen-bond acceptors (Lipinski definition) is 7. The largest absolute Gasteiger partial charge is 0.505 e. The van der Waals surface area contributed by atoms with Gasteiger partial charge in [0.05, 0.1) is 15.9 Å². The number of thiophene rings is 1. The second kappa shape index (κ2) is 7.12. The van der Waals surface area contributed by atoms with Gasteiger partial charge < -0.3 is 10.4 Å². The molecule has 0 saturated heterocycles. The first-order chi connectivity index (χ1) is 13.8. The van der Waals surface area contributed by atoms with Crippen LogP contribution in [-0.2, 0) is 10.0 Å². The number of sulfonamides is 1. The van der Waals surface area contributed by atoms with Crippen molar-refractivity contribution in [1.82, 2.24) is 4.68 Å². The van der Waals surface area contributed by atoms with E-state index in [1.54, 1.807) is 29.6 Å². The second-order valence-corrected chi connectivity index (χ2v) is 9.09. The van der Waals surface area contributed by atoms with Gasteiger partial charge in [0.2, 0.25) is 0 Å². The van der Waals surface area contributed by atoms with E-state index in [0.29, 0.717) is 22.3 Å². The Labute approximate surface area is 170 Å². The van der Waals surface area contributed by atoms with E-state index in [0.717, 1.165) is 12.1 Å². The van der Waals surface area contributed by atoms with Gasteiger partial charge in [-0.15, -0.1) is 15.7 Å². The fraction of sp³-hybridized carbons (Fsp3) is 0.211. The second-order valence-electron chi connectivity index (χ2n) is 6.60. The zero-order valence-corrected chi connectivity index (χ0v) is 17.3. The third kappa shape index (κ3) is 3.23. The minimum absolute atomic E-state index is 0.0116. The topological polar surface area (TPSA) is 113 Å². The average molecular weight is 431 g/mol. The van der Waals surface area contributed by atoms with Crippen molar-refractivity contribution in [3.8, 4) is 5.75 Å². The molecule has 0 fully saturated rings. The van der Waals surface area contributed by atoms with E-state index >= 15 is 0 Å². The van der Waals surface area contributed by atoms with E-state index in [-0.39, 0.29) is 22.0 Å². The van der Waals surface area contributed by atoms with E-state index in [1.807, 2.05) is 13.8 Å². The quantitative estimate of drug-likeness (QED) is 0.616. The number of hydrogen-bond donors (Lipinski definition) is 2. The molecule has 2 N–H and O–H groups in total. The number of benzene rings is 1. The number of nitrogens with one attached hydrogen (secondary N) is 1. The summed E-state index contributed by atoms with van der Waals surface area (Å²) in [6.45, 7) is 3.82. The Balaban J connectivity index is 2.00. The number of anilines is 1. The molecule has 3 heterocycles. The van der Waals surface area contributed by atoms with Crippen molar-refractivity contribution in [2.24, 2.45) is 9.50 Å². The lowest BCUT2D eigenvalue weighted by Gasteiger charge is -2.19. The van der Waals surface area contributed by atoms with Crippen molar-refractivity contribution < 1.29 is 13.5 Å². The molecule has 0 spiro atoms. The van der Waals surface area contributed by atoms with Crippen molar-refractivity contribution in [1.29, 1.82) is 0 Å². The fourth-order valence-corrected chi connectivity index (χ4v) is 5.14. The SMILES string of the molecule is CCC/C(C)=N/n1c(=O)c(C2=NS(=O)(=O)c3ccccc3N2)c(O)c2sccc21. The molecular formula is C19H18N4O4S2. The van der Waals surface area contributed by atoms with Crippen LogP contribution in [0.1, 0.15) is 32.3 Å². The van der Waals surface area contributed by atoms with Crippen molar-refractivity contribution >= 4 is 48.8 Å². The summed E-state index contributed by atoms with van der Waals surface area (Å²) in [6.07, 6.45) is 1.57. The van der Waals surface area contributed by atoms with Gasteiger partial charge in [-0.2, -0.15) is 18.2 Å². The third-order valence-electron chi connectivity index (χ3n) is 4.48. The van der Waals surface area contributed by atoms with Crippen LogP contribution in [0.5, 0.6) is 5.75 Å². The van der Waals surface area contributed by atoms with E-state index < -0.39 is 15.6 Å². The highest BCUT2D eigenvalue weighted by Crippen LogP contribution is 2.34. The molecule has 1 aliphatic heterocycles. The molecule has 3 aromatic rings. The molecule has 0 radical (unpaired) electrons. The first-order valence-corrected chi connectivity index (χ1v) is 11.3. The van der Waals surface area contributed by atoms with Crippen LogP contribution in [0.3, 0.4) is 0 Å². The van der Waals surface area contributed by atoms with Crippen LogP contribution in [0.4, 0.5) is 5.69 Å². The molecule has 0 bridgehead atoms. The van der Waals surface area contributed by atoms with Crippen molar-refractivity contribution in [2.45, 2.75) is 31.6 Å². The standard InChI is InChI=1S/C19H18N4O4S2/c1-3-6-11(2)21-23-13-9-10-28-17(13)16(24)15(19(23)25)18-20-12-7-4-5-8-14(12)29(26,27)22-18/h4-5,7-10,24H,3,6H2,1-2H3,(H,20,22)/b21-11+. The maximum absolute atomic E-state index is 13.2. The lowest BCUT2D eigenvalue weighted by atomic mass is 10.2. The molecule has 1 aliphatic rings. The number of pyridine rings is 1. The maximum atomic E-state index is 13.2. The summed E-state index contributed by atoms with van der Waals surface area (Å²) < 4.78 is 30.6. The van der Waals surface area contributed by atoms with Gasteiger partial charge in [0.15, 0.2) is 11.6 Å². The van der Waals surface area contributed by atoms with Crippen LogP contribution in [0.15, 0.2) is 54.9 Å². The van der Waals surface area contributed by atoms with Gasteiger partial charge in [0.25, 0.3) is 15.6 Å². The summed E-state index contributed by atoms with van der Waals surface area (Å²) in [5.41, 5.74) is 0.613. The molecule has 2 aromatic heterocycles. The highest BCUT2D eigenvalue weighted by Gasteiger charge is 2.30. The minimum Gasteiger partial charge on any atom is -0.505 e. The summed E-state index contributed by atoms with van der Waals surface area (Å²) >= 11 is 1.23. The van der Waals surface area contributed by atoms with Crippen molar-refractivity contribution in [3.63, 3.8) is 0 Å². The Kier molecular flexibility index (Phi) is 4.75. The Morgan fingerprint density at radius 1 is 1.31 bits per heavy atom. The third-order valence-corrected chi connectivity index (χ3v) is 6.72. The van der Waals surface area contributed by atoms with Gasteiger partial charge in [-0.1, -0.05) is 25.5 Å². The zero-order chi connectivity index (χ0) is 20.8. The smallest absolute Gasteiger partial charge is 0.286 e. The Hall–Kier alpha value is -2.98. The Morgan fingerprint density at radius 2 is 2.07 bits per heavy atom. The lowest BCUT2D eigenvalue weighted by molar-refractivity contribution is 0.479. The number of para-hydroxylation sites is 1. The van der Waals surface area contributed by atoms with Crippen LogP contribution in [-0.4, -0.2) is 29.7 Å². The molecule has 4 rings (SSSR count). The van der Waals surface area contributed by atoms with Gasteiger partial charge in [-0.25, -0.2) is 0 Å². The van der Waals surface area contributed by atoms with Gasteiger partial charge >= 0.3 is 0 Å². The number of aromatic nitrogens is 1. The molecule has 0 aliphatic carbocycles. The summed E-state index contributed by atoms with van der Waals surface area (Å²) in [4.78, 5) is 13.3. The summed E-state index contributed by atoms with van der Waals surface area (Å²) in [5.74, 6) is -0.543. The predicted molar refractivity (Wildman–Crippen MR) is 115 cm³/mol. The van der Waals surface area contributed by atoms with Gasteiger partial charge in [-0.3, -0.25) is 4.79 Å². The van der Waals surface area contributed by atoms with Gasteiger partial charge in [0, 0.05) is 5.71 Å². The van der Waals surface area contributed by atoms with E-state index in [9.17, 15) is 18.3 Å². The number of nitrogens with zero attached hydrogens (tertiary/aromatic N) is 3. The maximum Gasteiger partial charge on any atom is 0.286 e. The lowest BCUT2D eigenvalue weighted by Crippen LogP contribution is -2.31. The zero-order valence-electron chi connectivity index (χ0n) is 15.7. The Bertz CT molecular complexity index is 1350. The highest BCUT2D eigenvalue weighted by molar-refractivity contribution is 7.90. The highest BCUT2D eigenvalue weighted by atomic mass is 32.2. The minimum atomic E-state index is -4.02. The molecule has 29 heavy (non-hydrogen) atoms. The van der Waals surface area contributed by atoms with Gasteiger partial charge in [0.1, 0.15) is 10.5 Å². The molecule has 0 atom stereocenters. The number of fused-ring (bicyclic) bond motifs is 2. The number of aromatic hydroxyl groups is 1. The average Bonchev–Trinajstić information content (AvgIpc) is 3.15. The van der Waals surface area contributed by atoms with Crippen LogP contribution in [0.25, 0.3) is 10.2 Å². The van der Waals surface area contributed by atoms with Crippen LogP contribution < -0.4 is 10.9 Å². The number of amidine groups is 1. The summed E-state index contributed by atoms with van der Waals surface area (Å²) in [5, 5.41) is 19.8. The van der Waals surface area contributed by atoms with Crippen molar-refractivity contribution in [2.75, 3.05) is 5.32 Å². The molecular weight excluding hydrogens is 412 g/mol. The van der Waals surface area contributed by atoms with Crippen LogP contribution in [0.2, 0.25) is 0 Å². The molecule has 0 saturated carbocycles. The Morgan fingerprint density at radius 3 is 2.83 bits per heavy atom. The van der Waals surface area contributed by atoms with E-state index in [4.69, 9.17) is 0 Å². The molecule has 8 nitrogen and oxygen atoms in total. The summed E-state index contributed by atoms with van der Waals surface area (Å²) in [7, 11) is -4.02. The predicted octanol–water partition coefficient (Wildman–Crippen LogP) is 3.35. The van der Waals surface area contributed by atoms with Crippen LogP contribution >= 0.6 is 11.3 Å². The summed E-state index contributed by atoms with van der Waals surface area (Å²) in [6, 6.07) is 7.95. The monoisotopic (exact) mass is 430 g/mol. The van der Waals surface area contributed by atoms with E-state index in [1.165, 1.54) is 22.1 Å². The van der Waals surface area contributed by atoms with Crippen molar-refractivity contribution in [3.05, 3.63) is 51.6 Å². The van der Waals surface area contributed by atoms with Gasteiger partial charge in [-0.05, 0) is 36.9 Å². The molecule has 10 heteroatoms. The molecule has 150 valence electrons. The normalized spacial score (nSPS) is 15.7.